The Morgan fingerprint density at radius 2 is 1.14 bits per heavy atom. The smallest absolute Gasteiger partial charge is 0.323 e. The summed E-state index contributed by atoms with van der Waals surface area (Å²) in [6, 6.07) is 14.1. The van der Waals surface area contributed by atoms with Crippen LogP contribution in [0.3, 0.4) is 0 Å². The van der Waals surface area contributed by atoms with Gasteiger partial charge in [-0.1, -0.05) is 24.3 Å². The van der Waals surface area contributed by atoms with Crippen LogP contribution in [0.2, 0.25) is 0 Å². The van der Waals surface area contributed by atoms with Crippen LogP contribution in [0.15, 0.2) is 48.5 Å². The van der Waals surface area contributed by atoms with Crippen molar-refractivity contribution in [1.82, 2.24) is 0 Å². The quantitative estimate of drug-likeness (QED) is 0.534. The second-order valence-corrected chi connectivity index (χ2v) is 5.66. The number of anilines is 2. The fourth-order valence-corrected chi connectivity index (χ4v) is 2.38. The van der Waals surface area contributed by atoms with Gasteiger partial charge >= 0.3 is 6.03 Å². The molecular formula is C21H28N2O5. The number of benzene rings is 2. The van der Waals surface area contributed by atoms with Crippen molar-refractivity contribution in [3.05, 3.63) is 48.5 Å². The molecule has 2 rings (SSSR count). The van der Waals surface area contributed by atoms with E-state index in [9.17, 15) is 4.79 Å². The third kappa shape index (κ3) is 7.46. The third-order valence-electron chi connectivity index (χ3n) is 3.65. The van der Waals surface area contributed by atoms with Gasteiger partial charge in [0.15, 0.2) is 0 Å². The first-order chi connectivity index (χ1) is 13.7. The molecule has 0 aliphatic carbocycles. The Kier molecular flexibility index (Phi) is 9.68. The molecule has 0 spiro atoms. The lowest BCUT2D eigenvalue weighted by atomic mass is 10.3. The van der Waals surface area contributed by atoms with E-state index in [0.29, 0.717) is 62.5 Å². The largest absolute Gasteiger partial charge is 0.489 e. The predicted octanol–water partition coefficient (Wildman–Crippen LogP) is 4.16. The van der Waals surface area contributed by atoms with Crippen LogP contribution in [0.1, 0.15) is 13.8 Å². The molecule has 0 unspecified atom stereocenters. The van der Waals surface area contributed by atoms with E-state index in [2.05, 4.69) is 10.6 Å². The van der Waals surface area contributed by atoms with Crippen molar-refractivity contribution >= 4 is 17.4 Å². The van der Waals surface area contributed by atoms with Gasteiger partial charge in [0.2, 0.25) is 0 Å². The van der Waals surface area contributed by atoms with Gasteiger partial charge in [-0.25, -0.2) is 4.79 Å². The molecule has 0 aromatic heterocycles. The van der Waals surface area contributed by atoms with E-state index in [0.717, 1.165) is 0 Å². The average Bonchev–Trinajstić information content (AvgIpc) is 2.71. The van der Waals surface area contributed by atoms with Gasteiger partial charge in [-0.2, -0.15) is 0 Å². The van der Waals surface area contributed by atoms with Crippen molar-refractivity contribution in [2.24, 2.45) is 0 Å². The minimum absolute atomic E-state index is 0.387. The van der Waals surface area contributed by atoms with Crippen molar-refractivity contribution in [2.75, 3.05) is 50.3 Å². The molecule has 2 aromatic rings. The van der Waals surface area contributed by atoms with E-state index in [1.165, 1.54) is 0 Å². The maximum atomic E-state index is 12.5. The Labute approximate surface area is 165 Å². The van der Waals surface area contributed by atoms with E-state index >= 15 is 0 Å². The maximum Gasteiger partial charge on any atom is 0.323 e. The highest BCUT2D eigenvalue weighted by atomic mass is 16.5. The van der Waals surface area contributed by atoms with E-state index in [1.807, 2.05) is 38.1 Å². The Hall–Kier alpha value is -2.77. The fraction of sp³-hybridized carbons (Fsp3) is 0.381. The lowest BCUT2D eigenvalue weighted by molar-refractivity contribution is 0.110. The summed E-state index contributed by atoms with van der Waals surface area (Å²) < 4.78 is 21.9. The van der Waals surface area contributed by atoms with Gasteiger partial charge in [-0.05, 0) is 38.1 Å². The molecule has 7 heteroatoms. The van der Waals surface area contributed by atoms with Crippen LogP contribution in [-0.2, 0) is 9.47 Å². The van der Waals surface area contributed by atoms with Gasteiger partial charge < -0.3 is 29.6 Å². The number of rotatable bonds is 12. The zero-order valence-electron chi connectivity index (χ0n) is 16.4. The van der Waals surface area contributed by atoms with Gasteiger partial charge in [-0.15, -0.1) is 0 Å². The Morgan fingerprint density at radius 1 is 0.714 bits per heavy atom. The summed E-state index contributed by atoms with van der Waals surface area (Å²) in [4.78, 5) is 12.5. The Morgan fingerprint density at radius 3 is 1.57 bits per heavy atom. The summed E-state index contributed by atoms with van der Waals surface area (Å²) in [7, 11) is 0. The normalized spacial score (nSPS) is 10.4. The minimum Gasteiger partial charge on any atom is -0.489 e. The van der Waals surface area contributed by atoms with Crippen molar-refractivity contribution in [2.45, 2.75) is 13.8 Å². The lowest BCUT2D eigenvalue weighted by Gasteiger charge is -2.15. The minimum atomic E-state index is -0.387. The number of carbonyl (C=O) groups is 1. The SMILES string of the molecule is CCOCCOc1ccccc1NC(=O)Nc1ccccc1OCCOCC. The van der Waals surface area contributed by atoms with Crippen molar-refractivity contribution < 1.29 is 23.7 Å². The number of hydrogen-bond donors (Lipinski definition) is 2. The molecule has 2 N–H and O–H groups in total. The second kappa shape index (κ2) is 12.6. The summed E-state index contributed by atoms with van der Waals surface area (Å²) in [5.41, 5.74) is 1.15. The highest BCUT2D eigenvalue weighted by molar-refractivity contribution is 6.01. The molecule has 2 aromatic carbocycles. The summed E-state index contributed by atoms with van der Waals surface area (Å²) in [6.07, 6.45) is 0. The molecule has 2 amide bonds. The highest BCUT2D eigenvalue weighted by Gasteiger charge is 2.10. The van der Waals surface area contributed by atoms with Crippen molar-refractivity contribution in [3.8, 4) is 11.5 Å². The fourth-order valence-electron chi connectivity index (χ4n) is 2.38. The van der Waals surface area contributed by atoms with Gasteiger partial charge in [0.25, 0.3) is 0 Å². The number of ether oxygens (including phenoxy) is 4. The summed E-state index contributed by atoms with van der Waals surface area (Å²) in [5.74, 6) is 1.16. The molecule has 0 heterocycles. The molecule has 0 saturated carbocycles. The lowest BCUT2D eigenvalue weighted by Crippen LogP contribution is -2.21. The third-order valence-corrected chi connectivity index (χ3v) is 3.65. The summed E-state index contributed by atoms with van der Waals surface area (Å²) in [5, 5.41) is 5.61. The molecule has 28 heavy (non-hydrogen) atoms. The molecule has 0 radical (unpaired) electrons. The van der Waals surface area contributed by atoms with Crippen molar-refractivity contribution in [3.63, 3.8) is 0 Å². The van der Waals surface area contributed by atoms with Gasteiger partial charge in [-0.3, -0.25) is 0 Å². The topological polar surface area (TPSA) is 78.1 Å². The molecule has 0 aliphatic rings. The van der Waals surface area contributed by atoms with Crippen LogP contribution in [-0.4, -0.2) is 45.7 Å². The van der Waals surface area contributed by atoms with Crippen LogP contribution in [0, 0.1) is 0 Å². The first-order valence-corrected chi connectivity index (χ1v) is 9.41. The van der Waals surface area contributed by atoms with Crippen LogP contribution < -0.4 is 20.1 Å². The van der Waals surface area contributed by atoms with E-state index < -0.39 is 0 Å². The molecular weight excluding hydrogens is 360 g/mol. The number of carbonyl (C=O) groups excluding carboxylic acids is 1. The Bertz CT molecular complexity index is 664. The number of para-hydroxylation sites is 4. The number of amides is 2. The average molecular weight is 388 g/mol. The number of urea groups is 1. The molecule has 0 saturated heterocycles. The molecule has 0 aliphatic heterocycles. The monoisotopic (exact) mass is 388 g/mol. The van der Waals surface area contributed by atoms with Crippen LogP contribution in [0.5, 0.6) is 11.5 Å². The molecule has 152 valence electrons. The first kappa shape index (κ1) is 21.5. The molecule has 0 fully saturated rings. The maximum absolute atomic E-state index is 12.5. The molecule has 7 nitrogen and oxygen atoms in total. The predicted molar refractivity (Wildman–Crippen MR) is 110 cm³/mol. The van der Waals surface area contributed by atoms with Crippen LogP contribution in [0.4, 0.5) is 16.2 Å². The van der Waals surface area contributed by atoms with Gasteiger partial charge in [0, 0.05) is 13.2 Å². The molecule has 0 atom stereocenters. The second-order valence-electron chi connectivity index (χ2n) is 5.66. The Balaban J connectivity index is 1.94. The number of nitrogens with one attached hydrogen (secondary N) is 2. The first-order valence-electron chi connectivity index (χ1n) is 9.41. The zero-order valence-corrected chi connectivity index (χ0v) is 16.4. The standard InChI is InChI=1S/C21H28N2O5/c1-3-25-13-15-27-19-11-7-5-9-17(19)22-21(24)23-18-10-6-8-12-20(18)28-16-14-26-4-2/h5-12H,3-4,13-16H2,1-2H3,(H2,22,23,24). The van der Waals surface area contributed by atoms with Gasteiger partial charge in [0.05, 0.1) is 24.6 Å². The summed E-state index contributed by atoms with van der Waals surface area (Å²) >= 11 is 0. The van der Waals surface area contributed by atoms with E-state index in [1.54, 1.807) is 24.3 Å². The van der Waals surface area contributed by atoms with E-state index in [4.69, 9.17) is 18.9 Å². The summed E-state index contributed by atoms with van der Waals surface area (Å²) in [6.45, 7) is 6.92. The highest BCUT2D eigenvalue weighted by Crippen LogP contribution is 2.26. The number of hydrogen-bond acceptors (Lipinski definition) is 5. The molecule has 0 bridgehead atoms. The van der Waals surface area contributed by atoms with E-state index in [-0.39, 0.29) is 6.03 Å². The zero-order chi connectivity index (χ0) is 20.0. The van der Waals surface area contributed by atoms with Crippen molar-refractivity contribution in [1.29, 1.82) is 0 Å². The van der Waals surface area contributed by atoms with Crippen LogP contribution in [0.25, 0.3) is 0 Å². The van der Waals surface area contributed by atoms with Crippen LogP contribution >= 0.6 is 0 Å². The van der Waals surface area contributed by atoms with Gasteiger partial charge in [0.1, 0.15) is 24.7 Å².